The average molecular weight is 238 g/mol. The molecule has 0 radical (unpaired) electrons. The standard InChI is InChI=1S/C16H14O2/c1-12-8-10-14(11-9-12)13(2)18-16(17)15-6-4-3-5-7-15/h3-11H,2H2,1H3. The first-order chi connectivity index (χ1) is 8.66. The number of aryl methyl sites for hydroxylation is 1. The van der Waals surface area contributed by atoms with Crippen LogP contribution in [0.4, 0.5) is 0 Å². The highest BCUT2D eigenvalue weighted by Gasteiger charge is 2.09. The molecular formula is C16H14O2. The van der Waals surface area contributed by atoms with Crippen molar-refractivity contribution >= 4 is 11.7 Å². The van der Waals surface area contributed by atoms with Crippen molar-refractivity contribution in [2.24, 2.45) is 0 Å². The molecule has 2 aromatic rings. The molecule has 2 heteroatoms. The van der Waals surface area contributed by atoms with E-state index in [4.69, 9.17) is 4.74 Å². The molecule has 0 unspecified atom stereocenters. The van der Waals surface area contributed by atoms with E-state index < -0.39 is 0 Å². The molecule has 0 N–H and O–H groups in total. The van der Waals surface area contributed by atoms with E-state index in [0.29, 0.717) is 11.3 Å². The lowest BCUT2D eigenvalue weighted by molar-refractivity contribution is 0.0693. The van der Waals surface area contributed by atoms with Crippen LogP contribution in [0.2, 0.25) is 0 Å². The number of rotatable bonds is 3. The van der Waals surface area contributed by atoms with Crippen LogP contribution in [0.25, 0.3) is 5.76 Å². The summed E-state index contributed by atoms with van der Waals surface area (Å²) in [6.07, 6.45) is 0. The van der Waals surface area contributed by atoms with Crippen molar-refractivity contribution in [3.8, 4) is 0 Å². The SMILES string of the molecule is C=C(OC(=O)c1ccccc1)c1ccc(C)cc1. The largest absolute Gasteiger partial charge is 0.423 e. The van der Waals surface area contributed by atoms with Crippen molar-refractivity contribution in [1.82, 2.24) is 0 Å². The van der Waals surface area contributed by atoms with Gasteiger partial charge in [0.25, 0.3) is 0 Å². The molecule has 0 aliphatic rings. The van der Waals surface area contributed by atoms with Gasteiger partial charge in [0.1, 0.15) is 5.76 Å². The fourth-order valence-corrected chi connectivity index (χ4v) is 1.54. The highest BCUT2D eigenvalue weighted by Crippen LogP contribution is 2.16. The third-order valence-corrected chi connectivity index (χ3v) is 2.60. The van der Waals surface area contributed by atoms with Gasteiger partial charge in [-0.3, -0.25) is 0 Å². The van der Waals surface area contributed by atoms with Gasteiger partial charge in [-0.1, -0.05) is 54.6 Å². The van der Waals surface area contributed by atoms with E-state index in [-0.39, 0.29) is 5.97 Å². The molecule has 0 atom stereocenters. The number of carbonyl (C=O) groups is 1. The second kappa shape index (κ2) is 5.32. The Morgan fingerprint density at radius 3 is 2.17 bits per heavy atom. The molecule has 0 fully saturated rings. The van der Waals surface area contributed by atoms with Gasteiger partial charge in [-0.05, 0) is 19.1 Å². The Balaban J connectivity index is 2.08. The zero-order chi connectivity index (χ0) is 13.0. The monoisotopic (exact) mass is 238 g/mol. The van der Waals surface area contributed by atoms with Crippen molar-refractivity contribution in [3.63, 3.8) is 0 Å². The van der Waals surface area contributed by atoms with Gasteiger partial charge in [0.05, 0.1) is 5.56 Å². The van der Waals surface area contributed by atoms with Gasteiger partial charge >= 0.3 is 5.97 Å². The third kappa shape index (κ3) is 2.86. The molecule has 0 saturated heterocycles. The van der Waals surface area contributed by atoms with Gasteiger partial charge in [0.15, 0.2) is 0 Å². The highest BCUT2D eigenvalue weighted by atomic mass is 16.5. The van der Waals surface area contributed by atoms with E-state index in [1.54, 1.807) is 24.3 Å². The van der Waals surface area contributed by atoms with E-state index in [2.05, 4.69) is 6.58 Å². The topological polar surface area (TPSA) is 26.3 Å². The fraction of sp³-hybridized carbons (Fsp3) is 0.0625. The second-order valence-corrected chi connectivity index (χ2v) is 4.04. The molecule has 0 aromatic heterocycles. The van der Waals surface area contributed by atoms with Crippen molar-refractivity contribution < 1.29 is 9.53 Å². The lowest BCUT2D eigenvalue weighted by Gasteiger charge is -2.07. The van der Waals surface area contributed by atoms with E-state index in [0.717, 1.165) is 11.1 Å². The quantitative estimate of drug-likeness (QED) is 0.600. The lowest BCUT2D eigenvalue weighted by Crippen LogP contribution is -2.03. The van der Waals surface area contributed by atoms with Crippen LogP contribution in [0, 0.1) is 6.92 Å². The molecule has 0 amide bonds. The van der Waals surface area contributed by atoms with Crippen LogP contribution in [0.1, 0.15) is 21.5 Å². The molecule has 0 bridgehead atoms. The molecule has 18 heavy (non-hydrogen) atoms. The minimum Gasteiger partial charge on any atom is -0.423 e. The molecule has 2 nitrogen and oxygen atoms in total. The molecule has 0 spiro atoms. The normalized spacial score (nSPS) is 9.83. The lowest BCUT2D eigenvalue weighted by atomic mass is 10.1. The second-order valence-electron chi connectivity index (χ2n) is 4.04. The number of esters is 1. The maximum absolute atomic E-state index is 11.8. The Labute approximate surface area is 107 Å². The van der Waals surface area contributed by atoms with Crippen LogP contribution in [-0.4, -0.2) is 5.97 Å². The molecule has 90 valence electrons. The van der Waals surface area contributed by atoms with Crippen LogP contribution >= 0.6 is 0 Å². The minimum absolute atomic E-state index is 0.365. The van der Waals surface area contributed by atoms with Gasteiger partial charge < -0.3 is 4.74 Å². The Morgan fingerprint density at radius 1 is 0.944 bits per heavy atom. The summed E-state index contributed by atoms with van der Waals surface area (Å²) < 4.78 is 5.23. The van der Waals surface area contributed by atoms with E-state index in [1.807, 2.05) is 37.3 Å². The smallest absolute Gasteiger partial charge is 0.343 e. The van der Waals surface area contributed by atoms with E-state index in [1.165, 1.54) is 0 Å². The van der Waals surface area contributed by atoms with Crippen molar-refractivity contribution in [2.75, 3.05) is 0 Å². The van der Waals surface area contributed by atoms with Gasteiger partial charge in [-0.25, -0.2) is 4.79 Å². The van der Waals surface area contributed by atoms with Crippen LogP contribution in [-0.2, 0) is 4.74 Å². The van der Waals surface area contributed by atoms with Crippen LogP contribution in [0.15, 0.2) is 61.2 Å². The van der Waals surface area contributed by atoms with E-state index >= 15 is 0 Å². The van der Waals surface area contributed by atoms with Crippen LogP contribution in [0.3, 0.4) is 0 Å². The zero-order valence-electron chi connectivity index (χ0n) is 10.2. The summed E-state index contributed by atoms with van der Waals surface area (Å²) in [4.78, 5) is 11.8. The number of carbonyl (C=O) groups excluding carboxylic acids is 1. The summed E-state index contributed by atoms with van der Waals surface area (Å²) in [5.74, 6) is -0.0231. The summed E-state index contributed by atoms with van der Waals surface area (Å²) in [6, 6.07) is 16.6. The molecule has 2 aromatic carbocycles. The van der Waals surface area contributed by atoms with Gasteiger partial charge in [0, 0.05) is 5.56 Å². The van der Waals surface area contributed by atoms with Crippen molar-refractivity contribution in [3.05, 3.63) is 77.9 Å². The predicted molar refractivity (Wildman–Crippen MR) is 72.1 cm³/mol. The maximum atomic E-state index is 11.8. The number of hydrogen-bond acceptors (Lipinski definition) is 2. The Morgan fingerprint density at radius 2 is 1.56 bits per heavy atom. The Bertz CT molecular complexity index is 553. The van der Waals surface area contributed by atoms with E-state index in [9.17, 15) is 4.79 Å². The molecule has 0 aliphatic carbocycles. The average Bonchev–Trinajstić information content (AvgIpc) is 2.40. The summed E-state index contributed by atoms with van der Waals surface area (Å²) in [5.41, 5.74) is 2.48. The first kappa shape index (κ1) is 12.1. The number of benzene rings is 2. The minimum atomic E-state index is -0.388. The molecule has 0 saturated carbocycles. The molecule has 0 aliphatic heterocycles. The van der Waals surface area contributed by atoms with Crippen LogP contribution in [0.5, 0.6) is 0 Å². The highest BCUT2D eigenvalue weighted by molar-refractivity contribution is 5.92. The summed E-state index contributed by atoms with van der Waals surface area (Å²) in [7, 11) is 0. The van der Waals surface area contributed by atoms with Crippen LogP contribution < -0.4 is 0 Å². The maximum Gasteiger partial charge on any atom is 0.343 e. The van der Waals surface area contributed by atoms with Gasteiger partial charge in [-0.15, -0.1) is 0 Å². The van der Waals surface area contributed by atoms with Crippen molar-refractivity contribution in [1.29, 1.82) is 0 Å². The zero-order valence-corrected chi connectivity index (χ0v) is 10.2. The van der Waals surface area contributed by atoms with Gasteiger partial charge in [0.2, 0.25) is 0 Å². The summed E-state index contributed by atoms with van der Waals surface area (Å²) in [6.45, 7) is 5.78. The fourth-order valence-electron chi connectivity index (χ4n) is 1.54. The third-order valence-electron chi connectivity index (χ3n) is 2.60. The Kier molecular flexibility index (Phi) is 3.58. The van der Waals surface area contributed by atoms with Crippen molar-refractivity contribution in [2.45, 2.75) is 6.92 Å². The predicted octanol–water partition coefficient (Wildman–Crippen LogP) is 3.82. The number of hydrogen-bond donors (Lipinski definition) is 0. The Hall–Kier alpha value is -2.35. The van der Waals surface area contributed by atoms with Gasteiger partial charge in [-0.2, -0.15) is 0 Å². The number of ether oxygens (including phenoxy) is 1. The summed E-state index contributed by atoms with van der Waals surface area (Å²) >= 11 is 0. The molecule has 0 heterocycles. The summed E-state index contributed by atoms with van der Waals surface area (Å²) in [5, 5.41) is 0. The molecular weight excluding hydrogens is 224 g/mol. The molecule has 2 rings (SSSR count). The first-order valence-electron chi connectivity index (χ1n) is 5.70. The first-order valence-corrected chi connectivity index (χ1v) is 5.70.